The number of aromatic nitrogens is 2. The van der Waals surface area contributed by atoms with Gasteiger partial charge in [0.05, 0.1) is 23.8 Å². The van der Waals surface area contributed by atoms with Crippen molar-refractivity contribution in [1.29, 1.82) is 5.26 Å². The van der Waals surface area contributed by atoms with E-state index in [0.29, 0.717) is 22.3 Å². The van der Waals surface area contributed by atoms with E-state index in [1.165, 1.54) is 10.8 Å². The van der Waals surface area contributed by atoms with Gasteiger partial charge in [-0.1, -0.05) is 30.3 Å². The molecule has 7 nitrogen and oxygen atoms in total. The smallest absolute Gasteiger partial charge is 0.343 e. The molecule has 1 N–H and O–H groups in total. The number of esters is 1. The van der Waals surface area contributed by atoms with E-state index in [2.05, 4.69) is 4.98 Å². The van der Waals surface area contributed by atoms with Gasteiger partial charge in [-0.2, -0.15) is 5.26 Å². The molecular weight excluding hydrogens is 346 g/mol. The highest BCUT2D eigenvalue weighted by Crippen LogP contribution is 2.25. The summed E-state index contributed by atoms with van der Waals surface area (Å²) in [4.78, 5) is 40.9. The standard InChI is InChI=1S/C20H17N3O4/c1-3-27-20(26)14-11-22-16-15(18(24)13-7-5-4-6-8-13)12(2)23(10-9-21)17(16)19(14)25/h4-8,11H,3,10H2,1-2H3,(H,22,25). The molecular formula is C20H17N3O4. The number of fused-ring (bicyclic) bond motifs is 1. The van der Waals surface area contributed by atoms with E-state index in [-0.39, 0.29) is 30.0 Å². The van der Waals surface area contributed by atoms with Crippen LogP contribution in [0.15, 0.2) is 41.3 Å². The van der Waals surface area contributed by atoms with Crippen molar-refractivity contribution in [2.24, 2.45) is 0 Å². The van der Waals surface area contributed by atoms with Gasteiger partial charge in [0.2, 0.25) is 5.43 Å². The largest absolute Gasteiger partial charge is 0.462 e. The molecule has 27 heavy (non-hydrogen) atoms. The predicted molar refractivity (Wildman–Crippen MR) is 98.7 cm³/mol. The third-order valence-electron chi connectivity index (χ3n) is 4.33. The lowest BCUT2D eigenvalue weighted by atomic mass is 10.0. The van der Waals surface area contributed by atoms with Gasteiger partial charge < -0.3 is 14.3 Å². The molecule has 0 atom stereocenters. The summed E-state index contributed by atoms with van der Waals surface area (Å²) < 4.78 is 6.36. The maximum Gasteiger partial charge on any atom is 0.343 e. The number of carbonyl (C=O) groups excluding carboxylic acids is 2. The topological polar surface area (TPSA) is 105 Å². The summed E-state index contributed by atoms with van der Waals surface area (Å²) in [5, 5.41) is 9.16. The lowest BCUT2D eigenvalue weighted by molar-refractivity contribution is 0.0524. The van der Waals surface area contributed by atoms with E-state index in [1.54, 1.807) is 44.2 Å². The maximum absolute atomic E-state index is 13.0. The second kappa shape index (κ2) is 7.30. The molecule has 0 spiro atoms. The molecule has 3 rings (SSSR count). The van der Waals surface area contributed by atoms with E-state index < -0.39 is 11.4 Å². The first-order valence-corrected chi connectivity index (χ1v) is 8.39. The number of ketones is 1. The maximum atomic E-state index is 13.0. The minimum Gasteiger partial charge on any atom is -0.462 e. The number of nitrogens with zero attached hydrogens (tertiary/aromatic N) is 2. The fourth-order valence-electron chi connectivity index (χ4n) is 3.09. The molecule has 0 fully saturated rings. The molecule has 0 saturated carbocycles. The molecule has 1 aromatic carbocycles. The molecule has 2 heterocycles. The lowest BCUT2D eigenvalue weighted by Gasteiger charge is -2.04. The van der Waals surface area contributed by atoms with Crippen molar-refractivity contribution in [1.82, 2.24) is 9.55 Å². The van der Waals surface area contributed by atoms with Crippen LogP contribution in [0.2, 0.25) is 0 Å². The van der Waals surface area contributed by atoms with Gasteiger partial charge in [-0.3, -0.25) is 9.59 Å². The number of H-pyrrole nitrogens is 1. The van der Waals surface area contributed by atoms with Crippen molar-refractivity contribution < 1.29 is 14.3 Å². The Bertz CT molecular complexity index is 1130. The highest BCUT2D eigenvalue weighted by molar-refractivity contribution is 6.17. The summed E-state index contributed by atoms with van der Waals surface area (Å²) in [6.45, 7) is 3.32. The van der Waals surface area contributed by atoms with Crippen LogP contribution in [-0.4, -0.2) is 27.9 Å². The average Bonchev–Trinajstić information content (AvgIpc) is 2.95. The molecule has 0 bridgehead atoms. The van der Waals surface area contributed by atoms with Crippen molar-refractivity contribution in [2.75, 3.05) is 6.61 Å². The Hall–Kier alpha value is -3.66. The van der Waals surface area contributed by atoms with Crippen LogP contribution < -0.4 is 5.43 Å². The van der Waals surface area contributed by atoms with E-state index in [0.717, 1.165) is 0 Å². The van der Waals surface area contributed by atoms with Gasteiger partial charge >= 0.3 is 5.97 Å². The second-order valence-corrected chi connectivity index (χ2v) is 5.88. The number of hydrogen-bond donors (Lipinski definition) is 1. The quantitative estimate of drug-likeness (QED) is 0.554. The van der Waals surface area contributed by atoms with Gasteiger partial charge in [-0.05, 0) is 13.8 Å². The Balaban J connectivity index is 2.31. The molecule has 0 radical (unpaired) electrons. The number of ether oxygens (including phenoxy) is 1. The highest BCUT2D eigenvalue weighted by atomic mass is 16.5. The minimum atomic E-state index is -0.751. The molecule has 136 valence electrons. The molecule has 0 unspecified atom stereocenters. The zero-order valence-electron chi connectivity index (χ0n) is 14.9. The number of carbonyl (C=O) groups is 2. The Morgan fingerprint density at radius 3 is 2.59 bits per heavy atom. The molecule has 0 aliphatic rings. The number of nitrogens with one attached hydrogen (secondary N) is 1. The van der Waals surface area contributed by atoms with Gasteiger partial charge in [0.15, 0.2) is 5.78 Å². The molecule has 3 aromatic rings. The third kappa shape index (κ3) is 3.02. The van der Waals surface area contributed by atoms with Crippen molar-refractivity contribution in [3.8, 4) is 6.07 Å². The summed E-state index contributed by atoms with van der Waals surface area (Å²) in [6, 6.07) is 10.7. The number of benzene rings is 1. The number of aromatic amines is 1. The Morgan fingerprint density at radius 2 is 1.96 bits per heavy atom. The predicted octanol–water partition coefficient (Wildman–Crippen LogP) is 2.57. The van der Waals surface area contributed by atoms with Crippen molar-refractivity contribution >= 4 is 22.8 Å². The van der Waals surface area contributed by atoms with Crippen molar-refractivity contribution in [2.45, 2.75) is 20.4 Å². The summed E-state index contributed by atoms with van der Waals surface area (Å²) >= 11 is 0. The first-order chi connectivity index (χ1) is 13.0. The van der Waals surface area contributed by atoms with E-state index in [4.69, 9.17) is 10.00 Å². The lowest BCUT2D eigenvalue weighted by Crippen LogP contribution is -2.20. The van der Waals surface area contributed by atoms with Crippen LogP contribution in [0.3, 0.4) is 0 Å². The molecule has 7 heteroatoms. The number of hydrogen-bond acceptors (Lipinski definition) is 5. The zero-order valence-corrected chi connectivity index (χ0v) is 14.9. The normalized spacial score (nSPS) is 10.6. The average molecular weight is 363 g/mol. The van der Waals surface area contributed by atoms with Crippen LogP contribution in [0, 0.1) is 18.3 Å². The Labute approximate surface area is 154 Å². The van der Waals surface area contributed by atoms with Crippen molar-refractivity contribution in [3.63, 3.8) is 0 Å². The molecule has 0 aliphatic heterocycles. The monoisotopic (exact) mass is 363 g/mol. The van der Waals surface area contributed by atoms with Crippen LogP contribution in [0.25, 0.3) is 11.0 Å². The van der Waals surface area contributed by atoms with Crippen LogP contribution >= 0.6 is 0 Å². The van der Waals surface area contributed by atoms with Gasteiger partial charge in [-0.25, -0.2) is 4.79 Å². The fourth-order valence-corrected chi connectivity index (χ4v) is 3.09. The summed E-state index contributed by atoms with van der Waals surface area (Å²) in [6.07, 6.45) is 1.25. The molecule has 0 saturated heterocycles. The van der Waals surface area contributed by atoms with Gasteiger partial charge in [-0.15, -0.1) is 0 Å². The van der Waals surface area contributed by atoms with Gasteiger partial charge in [0, 0.05) is 17.5 Å². The van der Waals surface area contributed by atoms with E-state index in [1.807, 2.05) is 6.07 Å². The van der Waals surface area contributed by atoms with Gasteiger partial charge in [0.25, 0.3) is 0 Å². The van der Waals surface area contributed by atoms with Crippen molar-refractivity contribution in [3.05, 3.63) is 69.1 Å². The van der Waals surface area contributed by atoms with Crippen LogP contribution in [0.5, 0.6) is 0 Å². The van der Waals surface area contributed by atoms with Gasteiger partial charge in [0.1, 0.15) is 17.6 Å². The van der Waals surface area contributed by atoms with Crippen LogP contribution in [-0.2, 0) is 11.3 Å². The third-order valence-corrected chi connectivity index (χ3v) is 4.33. The minimum absolute atomic E-state index is 0.110. The highest BCUT2D eigenvalue weighted by Gasteiger charge is 2.25. The summed E-state index contributed by atoms with van der Waals surface area (Å²) in [7, 11) is 0. The fraction of sp³-hybridized carbons (Fsp3) is 0.200. The Kier molecular flexibility index (Phi) is 4.90. The number of rotatable bonds is 5. The van der Waals surface area contributed by atoms with E-state index >= 15 is 0 Å². The zero-order chi connectivity index (χ0) is 19.6. The molecule has 0 amide bonds. The SMILES string of the molecule is CCOC(=O)c1c[nH]c2c(C(=O)c3ccccc3)c(C)n(CC#N)c2c1=O. The Morgan fingerprint density at radius 1 is 1.26 bits per heavy atom. The summed E-state index contributed by atoms with van der Waals surface area (Å²) in [5.41, 5.74) is 0.918. The molecule has 2 aromatic heterocycles. The number of pyridine rings is 1. The summed E-state index contributed by atoms with van der Waals surface area (Å²) in [5.74, 6) is -1.02. The molecule has 0 aliphatic carbocycles. The second-order valence-electron chi connectivity index (χ2n) is 5.88. The first-order valence-electron chi connectivity index (χ1n) is 8.39. The van der Waals surface area contributed by atoms with Crippen LogP contribution in [0.4, 0.5) is 0 Å². The first kappa shape index (κ1) is 18.1. The number of nitriles is 1. The van der Waals surface area contributed by atoms with E-state index in [9.17, 15) is 14.4 Å². The van der Waals surface area contributed by atoms with Crippen LogP contribution in [0.1, 0.15) is 38.9 Å².